The first-order valence-electron chi connectivity index (χ1n) is 4.62. The summed E-state index contributed by atoms with van der Waals surface area (Å²) in [6, 6.07) is 6.06. The standard InChI is InChI=1S/C11H13NO3/c1-3-9(2)8-15-11-6-4-10(5-7-11)12(13)14/h3-7H,8H2,1-2H3. The summed E-state index contributed by atoms with van der Waals surface area (Å²) >= 11 is 0. The summed E-state index contributed by atoms with van der Waals surface area (Å²) in [7, 11) is 0. The molecule has 1 rings (SSSR count). The first-order chi connectivity index (χ1) is 7.13. The zero-order valence-corrected chi connectivity index (χ0v) is 8.77. The number of non-ortho nitro benzene ring substituents is 1. The van der Waals surface area contributed by atoms with Crippen molar-refractivity contribution < 1.29 is 9.66 Å². The van der Waals surface area contributed by atoms with Crippen LogP contribution < -0.4 is 4.74 Å². The lowest BCUT2D eigenvalue weighted by Gasteiger charge is -2.05. The topological polar surface area (TPSA) is 52.4 Å². The van der Waals surface area contributed by atoms with Gasteiger partial charge in [0.05, 0.1) is 4.92 Å². The highest BCUT2D eigenvalue weighted by Gasteiger charge is 2.03. The molecule has 0 heterocycles. The van der Waals surface area contributed by atoms with E-state index in [-0.39, 0.29) is 5.69 Å². The van der Waals surface area contributed by atoms with Crippen molar-refractivity contribution in [3.05, 3.63) is 46.0 Å². The molecule has 1 aromatic rings. The Morgan fingerprint density at radius 2 is 2.07 bits per heavy atom. The molecular weight excluding hydrogens is 194 g/mol. The van der Waals surface area contributed by atoms with Gasteiger partial charge in [0.25, 0.3) is 5.69 Å². The summed E-state index contributed by atoms with van der Waals surface area (Å²) in [6.07, 6.45) is 1.96. The van der Waals surface area contributed by atoms with Gasteiger partial charge in [-0.2, -0.15) is 0 Å². The molecule has 0 unspecified atom stereocenters. The van der Waals surface area contributed by atoms with E-state index in [1.54, 1.807) is 12.1 Å². The molecule has 0 fully saturated rings. The Labute approximate surface area is 88.3 Å². The number of nitro benzene ring substituents is 1. The van der Waals surface area contributed by atoms with E-state index >= 15 is 0 Å². The maximum absolute atomic E-state index is 10.4. The molecule has 80 valence electrons. The summed E-state index contributed by atoms with van der Waals surface area (Å²) in [5.74, 6) is 0.641. The van der Waals surface area contributed by atoms with E-state index < -0.39 is 4.92 Å². The van der Waals surface area contributed by atoms with Crippen molar-refractivity contribution in [1.82, 2.24) is 0 Å². The maximum Gasteiger partial charge on any atom is 0.269 e. The number of ether oxygens (including phenoxy) is 1. The van der Waals surface area contributed by atoms with Gasteiger partial charge in [0.1, 0.15) is 12.4 Å². The van der Waals surface area contributed by atoms with Crippen LogP contribution >= 0.6 is 0 Å². The maximum atomic E-state index is 10.4. The van der Waals surface area contributed by atoms with Crippen LogP contribution in [0.5, 0.6) is 5.75 Å². The lowest BCUT2D eigenvalue weighted by atomic mass is 10.3. The van der Waals surface area contributed by atoms with Gasteiger partial charge < -0.3 is 4.74 Å². The molecule has 0 bridgehead atoms. The highest BCUT2D eigenvalue weighted by Crippen LogP contribution is 2.17. The third-order valence-corrected chi connectivity index (χ3v) is 2.01. The Balaban J connectivity index is 2.61. The van der Waals surface area contributed by atoms with Gasteiger partial charge in [-0.25, -0.2) is 0 Å². The van der Waals surface area contributed by atoms with E-state index in [1.807, 2.05) is 19.9 Å². The normalized spacial score (nSPS) is 11.2. The number of allylic oxidation sites excluding steroid dienone is 1. The quantitative estimate of drug-likeness (QED) is 0.433. The van der Waals surface area contributed by atoms with Crippen LogP contribution in [0.3, 0.4) is 0 Å². The van der Waals surface area contributed by atoms with E-state index in [4.69, 9.17) is 4.74 Å². The van der Waals surface area contributed by atoms with Crippen molar-refractivity contribution in [2.45, 2.75) is 13.8 Å². The first kappa shape index (κ1) is 11.2. The minimum Gasteiger partial charge on any atom is -0.489 e. The van der Waals surface area contributed by atoms with E-state index in [9.17, 15) is 10.1 Å². The lowest BCUT2D eigenvalue weighted by molar-refractivity contribution is -0.384. The first-order valence-corrected chi connectivity index (χ1v) is 4.62. The Morgan fingerprint density at radius 3 is 2.53 bits per heavy atom. The molecule has 15 heavy (non-hydrogen) atoms. The van der Waals surface area contributed by atoms with E-state index in [2.05, 4.69) is 0 Å². The second-order valence-corrected chi connectivity index (χ2v) is 3.17. The van der Waals surface area contributed by atoms with Gasteiger partial charge in [-0.05, 0) is 31.6 Å². The average molecular weight is 207 g/mol. The molecule has 0 aliphatic rings. The van der Waals surface area contributed by atoms with Gasteiger partial charge in [-0.1, -0.05) is 6.08 Å². The summed E-state index contributed by atoms with van der Waals surface area (Å²) < 4.78 is 5.40. The SMILES string of the molecule is CC=C(C)COc1ccc([N+](=O)[O-])cc1. The van der Waals surface area contributed by atoms with Crippen molar-refractivity contribution in [2.24, 2.45) is 0 Å². The Morgan fingerprint density at radius 1 is 1.47 bits per heavy atom. The minimum absolute atomic E-state index is 0.0742. The second kappa shape index (κ2) is 5.14. The van der Waals surface area contributed by atoms with E-state index in [0.29, 0.717) is 12.4 Å². The Bertz CT molecular complexity index is 368. The minimum atomic E-state index is -0.430. The fraction of sp³-hybridized carbons (Fsp3) is 0.273. The number of nitro groups is 1. The molecule has 0 spiro atoms. The number of hydrogen-bond donors (Lipinski definition) is 0. The van der Waals surface area contributed by atoms with Crippen LogP contribution in [0.4, 0.5) is 5.69 Å². The van der Waals surface area contributed by atoms with Crippen molar-refractivity contribution in [1.29, 1.82) is 0 Å². The molecule has 0 saturated carbocycles. The number of hydrogen-bond acceptors (Lipinski definition) is 3. The predicted octanol–water partition coefficient (Wildman–Crippen LogP) is 2.94. The molecule has 0 amide bonds. The zero-order chi connectivity index (χ0) is 11.3. The molecule has 0 atom stereocenters. The van der Waals surface area contributed by atoms with Gasteiger partial charge in [0.2, 0.25) is 0 Å². The molecule has 0 aliphatic carbocycles. The molecule has 0 N–H and O–H groups in total. The molecule has 0 saturated heterocycles. The van der Waals surface area contributed by atoms with Crippen LogP contribution in [0.15, 0.2) is 35.9 Å². The van der Waals surface area contributed by atoms with Crippen LogP contribution in [-0.2, 0) is 0 Å². The molecule has 4 nitrogen and oxygen atoms in total. The fourth-order valence-corrected chi connectivity index (χ4v) is 0.945. The predicted molar refractivity (Wildman–Crippen MR) is 58.0 cm³/mol. The summed E-state index contributed by atoms with van der Waals surface area (Å²) in [5, 5.41) is 10.4. The molecule has 1 aromatic carbocycles. The Hall–Kier alpha value is -1.84. The fourth-order valence-electron chi connectivity index (χ4n) is 0.945. The summed E-state index contributed by atoms with van der Waals surface area (Å²) in [5.41, 5.74) is 1.19. The third-order valence-electron chi connectivity index (χ3n) is 2.01. The van der Waals surface area contributed by atoms with Crippen LogP contribution in [0, 0.1) is 10.1 Å². The van der Waals surface area contributed by atoms with Crippen LogP contribution in [0.2, 0.25) is 0 Å². The molecule has 0 aromatic heterocycles. The largest absolute Gasteiger partial charge is 0.489 e. The summed E-state index contributed by atoms with van der Waals surface area (Å²) in [4.78, 5) is 9.95. The molecular formula is C11H13NO3. The smallest absolute Gasteiger partial charge is 0.269 e. The van der Waals surface area contributed by atoms with Gasteiger partial charge in [-0.3, -0.25) is 10.1 Å². The van der Waals surface area contributed by atoms with Crippen molar-refractivity contribution in [2.75, 3.05) is 6.61 Å². The van der Waals surface area contributed by atoms with Crippen molar-refractivity contribution in [3.63, 3.8) is 0 Å². The molecule has 0 aliphatic heterocycles. The van der Waals surface area contributed by atoms with Gasteiger partial charge in [0, 0.05) is 12.1 Å². The van der Waals surface area contributed by atoms with Gasteiger partial charge in [0.15, 0.2) is 0 Å². The second-order valence-electron chi connectivity index (χ2n) is 3.17. The van der Waals surface area contributed by atoms with Gasteiger partial charge in [-0.15, -0.1) is 0 Å². The van der Waals surface area contributed by atoms with Crippen LogP contribution in [-0.4, -0.2) is 11.5 Å². The molecule has 0 radical (unpaired) electrons. The monoisotopic (exact) mass is 207 g/mol. The van der Waals surface area contributed by atoms with E-state index in [1.165, 1.54) is 12.1 Å². The Kier molecular flexibility index (Phi) is 3.85. The lowest BCUT2D eigenvalue weighted by Crippen LogP contribution is -1.98. The van der Waals surface area contributed by atoms with Gasteiger partial charge >= 0.3 is 0 Å². The average Bonchev–Trinajstić information content (AvgIpc) is 2.26. The molecule has 4 heteroatoms. The van der Waals surface area contributed by atoms with Crippen molar-refractivity contribution in [3.8, 4) is 5.75 Å². The summed E-state index contributed by atoms with van der Waals surface area (Å²) in [6.45, 7) is 4.41. The highest BCUT2D eigenvalue weighted by molar-refractivity contribution is 5.36. The highest BCUT2D eigenvalue weighted by atomic mass is 16.6. The number of benzene rings is 1. The third kappa shape index (κ3) is 3.42. The van der Waals surface area contributed by atoms with Crippen LogP contribution in [0.25, 0.3) is 0 Å². The van der Waals surface area contributed by atoms with Crippen LogP contribution in [0.1, 0.15) is 13.8 Å². The zero-order valence-electron chi connectivity index (χ0n) is 8.77. The van der Waals surface area contributed by atoms with Crippen molar-refractivity contribution >= 4 is 5.69 Å². The van der Waals surface area contributed by atoms with E-state index in [0.717, 1.165) is 5.57 Å². The number of rotatable bonds is 4. The number of nitrogens with zero attached hydrogens (tertiary/aromatic N) is 1.